The number of terminal acetylenes is 1. The van der Waals surface area contributed by atoms with Gasteiger partial charge < -0.3 is 21.7 Å². The van der Waals surface area contributed by atoms with Gasteiger partial charge in [0.2, 0.25) is 23.6 Å². The molecule has 1 heterocycles. The van der Waals surface area contributed by atoms with Crippen LogP contribution in [0, 0.1) is 12.3 Å². The lowest BCUT2D eigenvalue weighted by Crippen LogP contribution is -2.63. The monoisotopic (exact) mass is 384 g/mol. The predicted octanol–water partition coefficient (Wildman–Crippen LogP) is -0.624. The van der Waals surface area contributed by atoms with E-state index in [-0.39, 0.29) is 12.3 Å². The minimum atomic E-state index is -1.00. The van der Waals surface area contributed by atoms with Crippen molar-refractivity contribution in [2.24, 2.45) is 5.73 Å². The lowest BCUT2D eigenvalue weighted by molar-refractivity contribution is -0.138. The van der Waals surface area contributed by atoms with Crippen molar-refractivity contribution < 1.29 is 19.2 Å². The molecule has 0 aromatic heterocycles. The SMILES string of the molecule is C#CCCC[C@H](NC(=O)C[C@@H]1NC(=O)[C@H](Cc2ccccc2)NC1=O)C(N)=O. The van der Waals surface area contributed by atoms with E-state index in [9.17, 15) is 19.2 Å². The average Bonchev–Trinajstić information content (AvgIpc) is 2.66. The molecule has 5 N–H and O–H groups in total. The quantitative estimate of drug-likeness (QED) is 0.334. The van der Waals surface area contributed by atoms with Crippen molar-refractivity contribution in [2.45, 2.75) is 50.2 Å². The van der Waals surface area contributed by atoms with Crippen molar-refractivity contribution >= 4 is 23.6 Å². The first-order chi connectivity index (χ1) is 13.4. The first kappa shape index (κ1) is 21.0. The molecule has 1 aromatic carbocycles. The van der Waals surface area contributed by atoms with Crippen LogP contribution in [-0.4, -0.2) is 41.8 Å². The van der Waals surface area contributed by atoms with Gasteiger partial charge >= 0.3 is 0 Å². The fourth-order valence-corrected chi connectivity index (χ4v) is 2.95. The summed E-state index contributed by atoms with van der Waals surface area (Å²) in [6.45, 7) is 0. The molecule has 1 fully saturated rings. The third-order valence-electron chi connectivity index (χ3n) is 4.43. The van der Waals surface area contributed by atoms with Gasteiger partial charge in [0.1, 0.15) is 18.1 Å². The molecule has 1 saturated heterocycles. The fraction of sp³-hybridized carbons (Fsp3) is 0.400. The summed E-state index contributed by atoms with van der Waals surface area (Å²) in [4.78, 5) is 48.2. The smallest absolute Gasteiger partial charge is 0.243 e. The van der Waals surface area contributed by atoms with Crippen LogP contribution in [0.15, 0.2) is 30.3 Å². The Hall–Kier alpha value is -3.34. The average molecular weight is 384 g/mol. The molecule has 0 unspecified atom stereocenters. The number of nitrogens with one attached hydrogen (secondary N) is 3. The number of carbonyl (C=O) groups is 4. The zero-order valence-electron chi connectivity index (χ0n) is 15.4. The topological polar surface area (TPSA) is 130 Å². The molecule has 0 spiro atoms. The number of nitrogens with two attached hydrogens (primary N) is 1. The lowest BCUT2D eigenvalue weighted by atomic mass is 10.0. The zero-order chi connectivity index (χ0) is 20.5. The normalized spacial score (nSPS) is 19.7. The molecule has 0 saturated carbocycles. The molecule has 2 rings (SSSR count). The molecule has 3 atom stereocenters. The number of benzene rings is 1. The maximum Gasteiger partial charge on any atom is 0.243 e. The highest BCUT2D eigenvalue weighted by Crippen LogP contribution is 2.09. The van der Waals surface area contributed by atoms with Crippen LogP contribution in [0.2, 0.25) is 0 Å². The Kier molecular flexibility index (Phi) is 7.57. The molecular formula is C20H24N4O4. The van der Waals surface area contributed by atoms with E-state index in [0.29, 0.717) is 25.7 Å². The van der Waals surface area contributed by atoms with Crippen LogP contribution in [0.4, 0.5) is 0 Å². The van der Waals surface area contributed by atoms with Gasteiger partial charge in [-0.2, -0.15) is 0 Å². The van der Waals surface area contributed by atoms with Crippen LogP contribution in [0.25, 0.3) is 0 Å². The summed E-state index contributed by atoms with van der Waals surface area (Å²) in [6, 6.07) is 6.73. The molecule has 0 aliphatic carbocycles. The van der Waals surface area contributed by atoms with E-state index >= 15 is 0 Å². The number of hydrogen-bond acceptors (Lipinski definition) is 4. The van der Waals surface area contributed by atoms with E-state index in [1.807, 2.05) is 30.3 Å². The molecule has 0 radical (unpaired) electrons. The second-order valence-corrected chi connectivity index (χ2v) is 6.64. The van der Waals surface area contributed by atoms with Gasteiger partial charge in [-0.25, -0.2) is 0 Å². The van der Waals surface area contributed by atoms with E-state index in [1.54, 1.807) is 0 Å². The minimum Gasteiger partial charge on any atom is -0.368 e. The molecule has 1 aromatic rings. The summed E-state index contributed by atoms with van der Waals surface area (Å²) in [6.07, 6.45) is 6.55. The highest BCUT2D eigenvalue weighted by molar-refractivity contribution is 5.99. The highest BCUT2D eigenvalue weighted by atomic mass is 16.2. The second kappa shape index (κ2) is 10.1. The molecule has 1 aliphatic rings. The first-order valence-corrected chi connectivity index (χ1v) is 9.07. The number of primary amides is 1. The molecular weight excluding hydrogens is 360 g/mol. The number of carbonyl (C=O) groups excluding carboxylic acids is 4. The summed E-state index contributed by atoms with van der Waals surface area (Å²) >= 11 is 0. The minimum absolute atomic E-state index is 0.283. The van der Waals surface area contributed by atoms with Crippen LogP contribution in [0.5, 0.6) is 0 Å². The standard InChI is InChI=1S/C20H24N4O4/c1-2-3-5-10-14(18(21)26)22-17(25)12-16-20(28)23-15(19(27)24-16)11-13-8-6-4-7-9-13/h1,4,6-9,14-16H,3,5,10-12H2,(H2,21,26)(H,22,25)(H,23,28)(H,24,27)/t14-,15-,16-/m0/s1. The zero-order valence-corrected chi connectivity index (χ0v) is 15.4. The van der Waals surface area contributed by atoms with Crippen LogP contribution < -0.4 is 21.7 Å². The number of piperazine rings is 1. The number of unbranched alkanes of at least 4 members (excludes halogenated alkanes) is 1. The van der Waals surface area contributed by atoms with Crippen LogP contribution >= 0.6 is 0 Å². The van der Waals surface area contributed by atoms with Crippen LogP contribution in [0.1, 0.15) is 31.2 Å². The van der Waals surface area contributed by atoms with Crippen molar-refractivity contribution in [1.82, 2.24) is 16.0 Å². The largest absolute Gasteiger partial charge is 0.368 e. The maximum absolute atomic E-state index is 12.3. The molecule has 4 amide bonds. The molecule has 28 heavy (non-hydrogen) atoms. The Bertz CT molecular complexity index is 772. The van der Waals surface area contributed by atoms with Gasteiger partial charge in [-0.1, -0.05) is 30.3 Å². The number of hydrogen-bond donors (Lipinski definition) is 4. The third kappa shape index (κ3) is 6.13. The third-order valence-corrected chi connectivity index (χ3v) is 4.43. The Morgan fingerprint density at radius 3 is 2.43 bits per heavy atom. The number of amides is 4. The maximum atomic E-state index is 12.3. The summed E-state index contributed by atoms with van der Waals surface area (Å²) in [5.41, 5.74) is 6.20. The van der Waals surface area contributed by atoms with E-state index in [0.717, 1.165) is 5.56 Å². The van der Waals surface area contributed by atoms with Crippen molar-refractivity contribution in [2.75, 3.05) is 0 Å². The summed E-state index contributed by atoms with van der Waals surface area (Å²) in [5, 5.41) is 7.71. The van der Waals surface area contributed by atoms with Gasteiger partial charge in [0.05, 0.1) is 6.42 Å². The van der Waals surface area contributed by atoms with Gasteiger partial charge in [0.25, 0.3) is 0 Å². The Balaban J connectivity index is 1.88. The van der Waals surface area contributed by atoms with Crippen molar-refractivity contribution in [3.8, 4) is 12.3 Å². The molecule has 1 aliphatic heterocycles. The van der Waals surface area contributed by atoms with Gasteiger partial charge in [-0.3, -0.25) is 19.2 Å². The van der Waals surface area contributed by atoms with E-state index in [2.05, 4.69) is 21.9 Å². The molecule has 8 nitrogen and oxygen atoms in total. The molecule has 0 bridgehead atoms. The van der Waals surface area contributed by atoms with Crippen molar-refractivity contribution in [3.63, 3.8) is 0 Å². The second-order valence-electron chi connectivity index (χ2n) is 6.64. The summed E-state index contributed by atoms with van der Waals surface area (Å²) in [7, 11) is 0. The van der Waals surface area contributed by atoms with E-state index in [4.69, 9.17) is 12.2 Å². The molecule has 8 heteroatoms. The van der Waals surface area contributed by atoms with Gasteiger partial charge in [0, 0.05) is 12.8 Å². The van der Waals surface area contributed by atoms with E-state index < -0.39 is 35.8 Å². The predicted molar refractivity (Wildman–Crippen MR) is 102 cm³/mol. The first-order valence-electron chi connectivity index (χ1n) is 9.07. The fourth-order valence-electron chi connectivity index (χ4n) is 2.95. The number of rotatable bonds is 9. The van der Waals surface area contributed by atoms with Gasteiger partial charge in [-0.15, -0.1) is 12.3 Å². The Labute approximate surface area is 163 Å². The highest BCUT2D eigenvalue weighted by Gasteiger charge is 2.35. The van der Waals surface area contributed by atoms with E-state index in [1.165, 1.54) is 0 Å². The van der Waals surface area contributed by atoms with Crippen molar-refractivity contribution in [3.05, 3.63) is 35.9 Å². The van der Waals surface area contributed by atoms with Gasteiger partial charge in [0.15, 0.2) is 0 Å². The van der Waals surface area contributed by atoms with Gasteiger partial charge in [-0.05, 0) is 18.4 Å². The Morgan fingerprint density at radius 2 is 1.79 bits per heavy atom. The van der Waals surface area contributed by atoms with Crippen molar-refractivity contribution in [1.29, 1.82) is 0 Å². The Morgan fingerprint density at radius 1 is 1.14 bits per heavy atom. The van der Waals surface area contributed by atoms with Crippen LogP contribution in [0.3, 0.4) is 0 Å². The summed E-state index contributed by atoms with van der Waals surface area (Å²) < 4.78 is 0. The lowest BCUT2D eigenvalue weighted by Gasteiger charge is -2.29. The summed E-state index contributed by atoms with van der Waals surface area (Å²) in [5.74, 6) is 0.418. The molecule has 148 valence electrons. The van der Waals surface area contributed by atoms with Crippen LogP contribution in [-0.2, 0) is 25.6 Å².